The molecule has 0 heterocycles. The van der Waals surface area contributed by atoms with Gasteiger partial charge in [0, 0.05) is 0 Å². The number of benzene rings is 1. The first-order valence-electron chi connectivity index (χ1n) is 5.34. The van der Waals surface area contributed by atoms with E-state index in [1.54, 1.807) is 6.92 Å². The van der Waals surface area contributed by atoms with Crippen LogP contribution < -0.4 is 0 Å². The highest BCUT2D eigenvalue weighted by Gasteiger charge is 2.21. The minimum Gasteiger partial charge on any atom is -0.297 e. The zero-order valence-electron chi connectivity index (χ0n) is 10.2. The van der Waals surface area contributed by atoms with Gasteiger partial charge in [-0.1, -0.05) is 30.3 Å². The third-order valence-corrected chi connectivity index (χ3v) is 2.03. The van der Waals surface area contributed by atoms with Crippen LogP contribution in [0, 0.1) is 0 Å². The summed E-state index contributed by atoms with van der Waals surface area (Å²) in [6.07, 6.45) is 0. The molecule has 0 bridgehead atoms. The largest absolute Gasteiger partial charge is 0.349 e. The van der Waals surface area contributed by atoms with Crippen molar-refractivity contribution in [1.82, 2.24) is 0 Å². The molecule has 3 heteroatoms. The molecular weight excluding hydrogens is 204 g/mol. The van der Waals surface area contributed by atoms with Crippen molar-refractivity contribution in [3.05, 3.63) is 35.9 Å². The molecule has 0 saturated heterocycles. The molecule has 0 fully saturated rings. The fourth-order valence-electron chi connectivity index (χ4n) is 1.12. The molecule has 88 valence electrons. The van der Waals surface area contributed by atoms with Gasteiger partial charge in [0.25, 0.3) is 0 Å². The fourth-order valence-corrected chi connectivity index (χ4v) is 1.12. The summed E-state index contributed by atoms with van der Waals surface area (Å²) >= 11 is 0. The zero-order valence-corrected chi connectivity index (χ0v) is 10.2. The average Bonchev–Trinajstić information content (AvgIpc) is 2.25. The Morgan fingerprint density at radius 1 is 1.19 bits per heavy atom. The summed E-state index contributed by atoms with van der Waals surface area (Å²) in [6.45, 7) is 7.28. The van der Waals surface area contributed by atoms with Crippen LogP contribution >= 0.6 is 0 Å². The highest BCUT2D eigenvalue weighted by atomic mass is 17.2. The smallest absolute Gasteiger partial charge is 0.297 e. The standard InChI is InChI=1S/C13H18O3/c1-10(11-8-6-5-7-9-11)12(14)15-16-13(2,3)4/h5-10H,1-4H3. The number of carbonyl (C=O) groups is 1. The van der Waals surface area contributed by atoms with Crippen LogP contribution in [0.2, 0.25) is 0 Å². The van der Waals surface area contributed by atoms with Gasteiger partial charge in [-0.3, -0.25) is 4.89 Å². The lowest BCUT2D eigenvalue weighted by molar-refractivity contribution is -0.321. The minimum absolute atomic E-state index is 0.316. The van der Waals surface area contributed by atoms with Crippen LogP contribution in [-0.2, 0) is 14.6 Å². The highest BCUT2D eigenvalue weighted by Crippen LogP contribution is 2.17. The van der Waals surface area contributed by atoms with Gasteiger partial charge < -0.3 is 0 Å². The summed E-state index contributed by atoms with van der Waals surface area (Å²) in [5.41, 5.74) is 0.441. The Bertz CT molecular complexity index is 338. The molecule has 0 radical (unpaired) electrons. The van der Waals surface area contributed by atoms with Gasteiger partial charge in [-0.25, -0.2) is 4.79 Å². The minimum atomic E-state index is -0.480. The summed E-state index contributed by atoms with van der Waals surface area (Å²) in [5, 5.41) is 0. The van der Waals surface area contributed by atoms with Crippen molar-refractivity contribution in [2.45, 2.75) is 39.2 Å². The molecule has 1 aromatic carbocycles. The Hall–Kier alpha value is -1.35. The quantitative estimate of drug-likeness (QED) is 0.582. The van der Waals surface area contributed by atoms with Gasteiger partial charge in [0.05, 0.1) is 5.92 Å². The molecule has 0 aliphatic rings. The molecule has 1 rings (SSSR count). The lowest BCUT2D eigenvalue weighted by Crippen LogP contribution is -2.24. The van der Waals surface area contributed by atoms with Crippen molar-refractivity contribution >= 4 is 5.97 Å². The van der Waals surface area contributed by atoms with Gasteiger partial charge in [-0.05, 0) is 33.3 Å². The molecule has 3 nitrogen and oxygen atoms in total. The zero-order chi connectivity index (χ0) is 12.2. The first-order chi connectivity index (χ1) is 7.40. The second kappa shape index (κ2) is 5.12. The molecule has 0 saturated carbocycles. The van der Waals surface area contributed by atoms with Gasteiger partial charge in [0.2, 0.25) is 0 Å². The van der Waals surface area contributed by atoms with E-state index in [4.69, 9.17) is 9.78 Å². The van der Waals surface area contributed by atoms with E-state index in [1.165, 1.54) is 0 Å². The second-order valence-corrected chi connectivity index (χ2v) is 4.73. The summed E-state index contributed by atoms with van der Waals surface area (Å²) in [7, 11) is 0. The van der Waals surface area contributed by atoms with Gasteiger partial charge in [-0.2, -0.15) is 4.89 Å². The monoisotopic (exact) mass is 222 g/mol. The summed E-state index contributed by atoms with van der Waals surface area (Å²) in [4.78, 5) is 21.4. The summed E-state index contributed by atoms with van der Waals surface area (Å²) < 4.78 is 0. The van der Waals surface area contributed by atoms with Crippen LogP contribution in [-0.4, -0.2) is 11.6 Å². The maximum Gasteiger partial charge on any atom is 0.349 e. The summed E-state index contributed by atoms with van der Waals surface area (Å²) in [5.74, 6) is -0.690. The number of hydrogen-bond acceptors (Lipinski definition) is 3. The average molecular weight is 222 g/mol. The second-order valence-electron chi connectivity index (χ2n) is 4.73. The lowest BCUT2D eigenvalue weighted by Gasteiger charge is -2.18. The van der Waals surface area contributed by atoms with Gasteiger partial charge in [0.1, 0.15) is 5.60 Å². The van der Waals surface area contributed by atoms with Crippen LogP contribution in [0.5, 0.6) is 0 Å². The van der Waals surface area contributed by atoms with E-state index in [0.29, 0.717) is 0 Å². The van der Waals surface area contributed by atoms with Gasteiger partial charge in [0.15, 0.2) is 0 Å². The van der Waals surface area contributed by atoms with Crippen molar-refractivity contribution in [1.29, 1.82) is 0 Å². The van der Waals surface area contributed by atoms with Gasteiger partial charge in [-0.15, -0.1) is 0 Å². The third-order valence-electron chi connectivity index (χ3n) is 2.03. The van der Waals surface area contributed by atoms with Crippen LogP contribution in [0.1, 0.15) is 39.2 Å². The molecule has 1 unspecified atom stereocenters. The Balaban J connectivity index is 2.55. The predicted octanol–water partition coefficient (Wildman–Crippen LogP) is 3.06. The molecule has 0 aliphatic carbocycles. The van der Waals surface area contributed by atoms with Crippen LogP contribution in [0.4, 0.5) is 0 Å². The van der Waals surface area contributed by atoms with E-state index < -0.39 is 5.60 Å². The highest BCUT2D eigenvalue weighted by molar-refractivity contribution is 5.77. The molecule has 16 heavy (non-hydrogen) atoms. The Kier molecular flexibility index (Phi) is 4.07. The number of carbonyl (C=O) groups excluding carboxylic acids is 1. The van der Waals surface area contributed by atoms with E-state index in [9.17, 15) is 4.79 Å². The van der Waals surface area contributed by atoms with E-state index in [0.717, 1.165) is 5.56 Å². The Labute approximate surface area is 96.3 Å². The van der Waals surface area contributed by atoms with Crippen molar-refractivity contribution in [3.63, 3.8) is 0 Å². The van der Waals surface area contributed by atoms with Crippen LogP contribution in [0.3, 0.4) is 0 Å². The number of rotatable bonds is 3. The Morgan fingerprint density at radius 2 is 1.75 bits per heavy atom. The molecule has 1 aromatic rings. The molecule has 0 amide bonds. The van der Waals surface area contributed by atoms with E-state index >= 15 is 0 Å². The predicted molar refractivity (Wildman–Crippen MR) is 61.8 cm³/mol. The fraction of sp³-hybridized carbons (Fsp3) is 0.462. The van der Waals surface area contributed by atoms with E-state index in [-0.39, 0.29) is 11.9 Å². The van der Waals surface area contributed by atoms with Crippen LogP contribution in [0.25, 0.3) is 0 Å². The maximum absolute atomic E-state index is 11.6. The lowest BCUT2D eigenvalue weighted by atomic mass is 10.0. The Morgan fingerprint density at radius 3 is 2.25 bits per heavy atom. The van der Waals surface area contributed by atoms with E-state index in [1.807, 2.05) is 51.1 Å². The first-order valence-corrected chi connectivity index (χ1v) is 5.34. The molecular formula is C13H18O3. The van der Waals surface area contributed by atoms with Crippen molar-refractivity contribution < 1.29 is 14.6 Å². The van der Waals surface area contributed by atoms with Crippen molar-refractivity contribution in [3.8, 4) is 0 Å². The molecule has 0 N–H and O–H groups in total. The molecule has 0 aromatic heterocycles. The topological polar surface area (TPSA) is 35.5 Å². The van der Waals surface area contributed by atoms with Crippen LogP contribution in [0.15, 0.2) is 30.3 Å². The van der Waals surface area contributed by atoms with E-state index in [2.05, 4.69) is 0 Å². The normalized spacial score (nSPS) is 13.2. The van der Waals surface area contributed by atoms with Crippen molar-refractivity contribution in [2.75, 3.05) is 0 Å². The maximum atomic E-state index is 11.6. The van der Waals surface area contributed by atoms with Gasteiger partial charge >= 0.3 is 5.97 Å². The first kappa shape index (κ1) is 12.7. The molecule has 0 spiro atoms. The van der Waals surface area contributed by atoms with Crippen molar-refractivity contribution in [2.24, 2.45) is 0 Å². The molecule has 0 aliphatic heterocycles. The SMILES string of the molecule is CC(C(=O)OOC(C)(C)C)c1ccccc1. The third kappa shape index (κ3) is 4.03. The summed E-state index contributed by atoms with van der Waals surface area (Å²) in [6, 6.07) is 9.48. The molecule has 1 atom stereocenters. The number of hydrogen-bond donors (Lipinski definition) is 0.